The molecule has 0 aliphatic rings. The average Bonchev–Trinajstić information content (AvgIpc) is 3.81. The van der Waals surface area contributed by atoms with E-state index in [4.69, 9.17) is 10.3 Å². The number of likely N-dealkylation sites (N-methyl/N-ethyl adjacent to an activating group) is 1. The largest absolute Gasteiger partial charge is 0.368 e. The number of aryl methyl sites for hydroxylation is 2. The van der Waals surface area contributed by atoms with Crippen LogP contribution >= 0.6 is 0 Å². The molecule has 12 heteroatoms. The maximum atomic E-state index is 15.1. The van der Waals surface area contributed by atoms with Crippen molar-refractivity contribution in [3.63, 3.8) is 0 Å². The number of nitrogens with one attached hydrogen (secondary N) is 1. The molecule has 0 radical (unpaired) electrons. The van der Waals surface area contributed by atoms with Crippen molar-refractivity contribution in [2.75, 3.05) is 7.05 Å². The highest BCUT2D eigenvalue weighted by molar-refractivity contribution is 7.88. The number of carbonyl (C=O) groups is 3. The number of carbonyl (C=O) groups excluding carboxylic acids is 3. The Morgan fingerprint density at radius 3 is 2.15 bits per heavy atom. The van der Waals surface area contributed by atoms with E-state index in [0.717, 1.165) is 27.6 Å². The van der Waals surface area contributed by atoms with E-state index in [2.05, 4.69) is 10.1 Å². The highest BCUT2D eigenvalue weighted by Gasteiger charge is 2.43. The van der Waals surface area contributed by atoms with Crippen LogP contribution in [-0.4, -0.2) is 64.6 Å². The Hall–Kier alpha value is -6.01. The molecule has 3 amide bonds. The molecule has 2 heterocycles. The number of fused-ring (bicyclic) bond motifs is 1. The Bertz CT molecular complexity index is 2300. The summed E-state index contributed by atoms with van der Waals surface area (Å²) in [6.07, 6.45) is 2.95. The Balaban J connectivity index is 1.45. The minimum absolute atomic E-state index is 0.0710. The SMILES string of the molecule is Cc1cc(C)cc(C(=O)N(C)[C@@H](Cc2ccc(-c3ccno3)cc2)C(=O)N([C@@H](Cc2c[nH]c3ccccc23)C(N)=O)S(=O)(=O)Cc2ccccc2)c1. The normalized spacial score (nSPS) is 12.7. The molecule has 0 aliphatic carbocycles. The Morgan fingerprint density at radius 1 is 0.827 bits per heavy atom. The number of hydrogen-bond acceptors (Lipinski definition) is 7. The van der Waals surface area contributed by atoms with Gasteiger partial charge in [-0.05, 0) is 48.7 Å². The number of aromatic amines is 1. The van der Waals surface area contributed by atoms with Crippen LogP contribution in [0.3, 0.4) is 0 Å². The summed E-state index contributed by atoms with van der Waals surface area (Å²) < 4.78 is 35.0. The van der Waals surface area contributed by atoms with Crippen molar-refractivity contribution in [1.82, 2.24) is 19.3 Å². The minimum atomic E-state index is -4.57. The molecule has 2 atom stereocenters. The van der Waals surface area contributed by atoms with E-state index in [1.165, 1.54) is 18.1 Å². The lowest BCUT2D eigenvalue weighted by atomic mass is 9.99. The minimum Gasteiger partial charge on any atom is -0.368 e. The van der Waals surface area contributed by atoms with Crippen LogP contribution in [0.2, 0.25) is 0 Å². The molecule has 0 spiro atoms. The number of hydrogen-bond donors (Lipinski definition) is 2. The summed E-state index contributed by atoms with van der Waals surface area (Å²) in [5.74, 6) is -2.49. The number of benzene rings is 4. The number of sulfonamides is 1. The number of para-hydroxylation sites is 1. The van der Waals surface area contributed by atoms with Crippen LogP contribution in [-0.2, 0) is 38.2 Å². The zero-order chi connectivity index (χ0) is 37.0. The van der Waals surface area contributed by atoms with Crippen LogP contribution in [0.25, 0.3) is 22.2 Å². The van der Waals surface area contributed by atoms with Gasteiger partial charge in [-0.25, -0.2) is 12.7 Å². The maximum absolute atomic E-state index is 15.1. The number of rotatable bonds is 13. The standard InChI is InChI=1S/C40H39N5O6S/c1-26-19-27(2)21-31(20-26)39(47)44(3)36(22-28-13-15-30(16-14-28)37-17-18-43-51-37)40(48)45(52(49,50)25-29-9-5-4-6-10-29)35(38(41)46)23-32-24-42-34-12-8-7-11-33(32)34/h4-21,24,35-36,42H,22-23,25H2,1-3H3,(H2,41,46)/t35-,36-/m0/s1. The molecular formula is C40H39N5O6S. The van der Waals surface area contributed by atoms with Crippen molar-refractivity contribution in [2.45, 2.75) is 44.5 Å². The van der Waals surface area contributed by atoms with Crippen molar-refractivity contribution in [3.05, 3.63) is 149 Å². The molecule has 11 nitrogen and oxygen atoms in total. The van der Waals surface area contributed by atoms with Gasteiger partial charge in [0.05, 0.1) is 11.9 Å². The molecule has 0 saturated heterocycles. The summed E-state index contributed by atoms with van der Waals surface area (Å²) in [5.41, 5.74) is 11.2. The van der Waals surface area contributed by atoms with E-state index in [9.17, 15) is 18.0 Å². The van der Waals surface area contributed by atoms with Crippen molar-refractivity contribution >= 4 is 38.6 Å². The van der Waals surface area contributed by atoms with Crippen molar-refractivity contribution in [2.24, 2.45) is 5.73 Å². The van der Waals surface area contributed by atoms with Crippen LogP contribution in [0.5, 0.6) is 0 Å². The topological polar surface area (TPSA) is 160 Å². The lowest BCUT2D eigenvalue weighted by Crippen LogP contribution is -2.58. The molecule has 0 aliphatic heterocycles. The highest BCUT2D eigenvalue weighted by atomic mass is 32.2. The molecule has 266 valence electrons. The van der Waals surface area contributed by atoms with Crippen molar-refractivity contribution < 1.29 is 27.3 Å². The summed E-state index contributed by atoms with van der Waals surface area (Å²) in [7, 11) is -3.11. The molecule has 4 aromatic carbocycles. The molecule has 52 heavy (non-hydrogen) atoms. The van der Waals surface area contributed by atoms with Crippen LogP contribution < -0.4 is 5.73 Å². The number of H-pyrrole nitrogens is 1. The number of amides is 3. The van der Waals surface area contributed by atoms with Crippen LogP contribution in [0.1, 0.15) is 38.2 Å². The van der Waals surface area contributed by atoms with Gasteiger partial charge < -0.3 is 20.1 Å². The Kier molecular flexibility index (Phi) is 10.4. The van der Waals surface area contributed by atoms with Gasteiger partial charge in [-0.2, -0.15) is 0 Å². The van der Waals surface area contributed by atoms with Gasteiger partial charge in [0.1, 0.15) is 12.1 Å². The highest BCUT2D eigenvalue weighted by Crippen LogP contribution is 2.27. The second-order valence-corrected chi connectivity index (χ2v) is 14.8. The maximum Gasteiger partial charge on any atom is 0.259 e. The fourth-order valence-electron chi connectivity index (χ4n) is 6.52. The lowest BCUT2D eigenvalue weighted by molar-refractivity contribution is -0.137. The van der Waals surface area contributed by atoms with Crippen LogP contribution in [0, 0.1) is 13.8 Å². The third kappa shape index (κ3) is 7.82. The molecule has 6 aromatic rings. The second-order valence-electron chi connectivity index (χ2n) is 12.9. The molecule has 0 saturated carbocycles. The smallest absolute Gasteiger partial charge is 0.259 e. The summed E-state index contributed by atoms with van der Waals surface area (Å²) in [5, 5.41) is 4.51. The summed E-state index contributed by atoms with van der Waals surface area (Å²) >= 11 is 0. The number of aromatic nitrogens is 2. The van der Waals surface area contributed by atoms with Gasteiger partial charge in [0, 0.05) is 54.2 Å². The second kappa shape index (κ2) is 15.1. The van der Waals surface area contributed by atoms with Gasteiger partial charge >= 0.3 is 0 Å². The van der Waals surface area contributed by atoms with E-state index >= 15 is 4.79 Å². The van der Waals surface area contributed by atoms with Crippen LogP contribution in [0.4, 0.5) is 0 Å². The first-order valence-corrected chi connectivity index (χ1v) is 18.3. The lowest BCUT2D eigenvalue weighted by Gasteiger charge is -2.35. The van der Waals surface area contributed by atoms with E-state index in [1.807, 2.05) is 44.2 Å². The molecular weight excluding hydrogens is 679 g/mol. The van der Waals surface area contributed by atoms with Gasteiger partial charge in [0.2, 0.25) is 15.9 Å². The van der Waals surface area contributed by atoms with Gasteiger partial charge in [-0.15, -0.1) is 0 Å². The fourth-order valence-corrected chi connectivity index (χ4v) is 8.23. The van der Waals surface area contributed by atoms with E-state index in [-0.39, 0.29) is 12.8 Å². The molecule has 0 unspecified atom stereocenters. The van der Waals surface area contributed by atoms with Crippen molar-refractivity contribution in [3.8, 4) is 11.3 Å². The van der Waals surface area contributed by atoms with E-state index in [0.29, 0.717) is 32.3 Å². The summed E-state index contributed by atoms with van der Waals surface area (Å²) in [4.78, 5) is 47.0. The predicted octanol–water partition coefficient (Wildman–Crippen LogP) is 5.58. The first-order chi connectivity index (χ1) is 24.9. The predicted molar refractivity (Wildman–Crippen MR) is 198 cm³/mol. The molecule has 6 rings (SSSR count). The first kappa shape index (κ1) is 35.8. The Morgan fingerprint density at radius 2 is 1.50 bits per heavy atom. The fraction of sp³-hybridized carbons (Fsp3) is 0.200. The van der Waals surface area contributed by atoms with Gasteiger partial charge in [0.15, 0.2) is 5.76 Å². The van der Waals surface area contributed by atoms with Crippen molar-refractivity contribution in [1.29, 1.82) is 0 Å². The van der Waals surface area contributed by atoms with E-state index in [1.54, 1.807) is 79.0 Å². The number of nitrogens with zero attached hydrogens (tertiary/aromatic N) is 3. The quantitative estimate of drug-likeness (QED) is 0.158. The number of nitrogens with two attached hydrogens (primary N) is 1. The molecule has 0 bridgehead atoms. The molecule has 2 aromatic heterocycles. The third-order valence-electron chi connectivity index (χ3n) is 9.06. The number of primary amides is 1. The molecule has 0 fully saturated rings. The zero-order valence-electron chi connectivity index (χ0n) is 29.0. The monoisotopic (exact) mass is 717 g/mol. The van der Waals surface area contributed by atoms with Gasteiger partial charge in [-0.1, -0.05) is 95.1 Å². The van der Waals surface area contributed by atoms with Crippen LogP contribution in [0.15, 0.2) is 120 Å². The first-order valence-electron chi connectivity index (χ1n) is 16.7. The zero-order valence-corrected chi connectivity index (χ0v) is 29.8. The summed E-state index contributed by atoms with van der Waals surface area (Å²) in [6.45, 7) is 3.73. The van der Waals surface area contributed by atoms with E-state index < -0.39 is 45.6 Å². The molecule has 3 N–H and O–H groups in total. The Labute approximate surface area is 302 Å². The summed E-state index contributed by atoms with van der Waals surface area (Å²) in [6, 6.07) is 27.0. The third-order valence-corrected chi connectivity index (χ3v) is 10.8. The van der Waals surface area contributed by atoms with Gasteiger partial charge in [-0.3, -0.25) is 14.4 Å². The average molecular weight is 718 g/mol. The van der Waals surface area contributed by atoms with Gasteiger partial charge in [0.25, 0.3) is 11.8 Å².